The van der Waals surface area contributed by atoms with Crippen molar-refractivity contribution < 1.29 is 9.47 Å². The molecule has 0 spiro atoms. The van der Waals surface area contributed by atoms with Crippen LogP contribution < -0.4 is 10.1 Å². The Kier molecular flexibility index (Phi) is 4.68. The maximum absolute atomic E-state index is 6.05. The van der Waals surface area contributed by atoms with Gasteiger partial charge in [0.05, 0.1) is 17.3 Å². The highest BCUT2D eigenvalue weighted by atomic mass is 16.5. The lowest BCUT2D eigenvalue weighted by atomic mass is 10.1. The SMILES string of the molecule is CNCc1cc(OCC2CCCCO2)c2ccccc2n1. The molecular formula is C17H22N2O2. The number of benzene rings is 1. The highest BCUT2D eigenvalue weighted by Gasteiger charge is 2.15. The van der Waals surface area contributed by atoms with Crippen molar-refractivity contribution in [3.05, 3.63) is 36.0 Å². The van der Waals surface area contributed by atoms with Gasteiger partial charge in [0.15, 0.2) is 0 Å². The van der Waals surface area contributed by atoms with Crippen molar-refractivity contribution in [2.24, 2.45) is 0 Å². The third kappa shape index (κ3) is 3.52. The number of aromatic nitrogens is 1. The zero-order valence-electron chi connectivity index (χ0n) is 12.5. The van der Waals surface area contributed by atoms with Gasteiger partial charge in [-0.05, 0) is 38.4 Å². The molecule has 2 heterocycles. The van der Waals surface area contributed by atoms with E-state index in [0.29, 0.717) is 6.61 Å². The van der Waals surface area contributed by atoms with Gasteiger partial charge in [-0.25, -0.2) is 0 Å². The highest BCUT2D eigenvalue weighted by molar-refractivity contribution is 5.85. The topological polar surface area (TPSA) is 43.4 Å². The van der Waals surface area contributed by atoms with Gasteiger partial charge in [0.2, 0.25) is 0 Å². The highest BCUT2D eigenvalue weighted by Crippen LogP contribution is 2.26. The minimum atomic E-state index is 0.221. The summed E-state index contributed by atoms with van der Waals surface area (Å²) in [6, 6.07) is 10.1. The van der Waals surface area contributed by atoms with Gasteiger partial charge >= 0.3 is 0 Å². The lowest BCUT2D eigenvalue weighted by Gasteiger charge is -2.23. The predicted molar refractivity (Wildman–Crippen MR) is 83.6 cm³/mol. The Bertz CT molecular complexity index is 594. The second-order valence-electron chi connectivity index (χ2n) is 5.46. The van der Waals surface area contributed by atoms with Crippen LogP contribution in [0, 0.1) is 0 Å². The predicted octanol–water partition coefficient (Wildman–Crippen LogP) is 2.90. The third-order valence-corrected chi connectivity index (χ3v) is 3.79. The molecule has 1 aromatic heterocycles. The van der Waals surface area contributed by atoms with Gasteiger partial charge in [-0.1, -0.05) is 12.1 Å². The molecule has 21 heavy (non-hydrogen) atoms. The first-order valence-electron chi connectivity index (χ1n) is 7.64. The third-order valence-electron chi connectivity index (χ3n) is 3.79. The number of hydrogen-bond donors (Lipinski definition) is 1. The molecule has 4 nitrogen and oxygen atoms in total. The second kappa shape index (κ2) is 6.87. The molecule has 1 aliphatic rings. The zero-order chi connectivity index (χ0) is 14.5. The van der Waals surface area contributed by atoms with Gasteiger partial charge in [-0.3, -0.25) is 4.98 Å². The lowest BCUT2D eigenvalue weighted by Crippen LogP contribution is -2.25. The number of rotatable bonds is 5. The molecule has 1 saturated heterocycles. The molecule has 0 aliphatic carbocycles. The van der Waals surface area contributed by atoms with Crippen LogP contribution in [0.15, 0.2) is 30.3 Å². The molecule has 0 radical (unpaired) electrons. The zero-order valence-corrected chi connectivity index (χ0v) is 12.5. The quantitative estimate of drug-likeness (QED) is 0.918. The molecule has 0 bridgehead atoms. The van der Waals surface area contributed by atoms with Crippen LogP contribution in [0.25, 0.3) is 10.9 Å². The fourth-order valence-corrected chi connectivity index (χ4v) is 2.71. The molecule has 0 saturated carbocycles. The Labute approximate surface area is 125 Å². The van der Waals surface area contributed by atoms with Crippen molar-refractivity contribution in [2.45, 2.75) is 31.9 Å². The Balaban J connectivity index is 1.81. The molecule has 112 valence electrons. The van der Waals surface area contributed by atoms with Gasteiger partial charge in [0.25, 0.3) is 0 Å². The van der Waals surface area contributed by atoms with Gasteiger partial charge in [-0.2, -0.15) is 0 Å². The summed E-state index contributed by atoms with van der Waals surface area (Å²) in [6.07, 6.45) is 3.71. The van der Waals surface area contributed by atoms with Gasteiger partial charge in [-0.15, -0.1) is 0 Å². The first-order chi connectivity index (χ1) is 10.4. The van der Waals surface area contributed by atoms with Crippen LogP contribution in [0.1, 0.15) is 25.0 Å². The molecule has 1 aliphatic heterocycles. The number of hydrogen-bond acceptors (Lipinski definition) is 4. The van der Waals surface area contributed by atoms with Crippen LogP contribution in [0.4, 0.5) is 0 Å². The molecule has 2 aromatic rings. The van der Waals surface area contributed by atoms with Crippen molar-refractivity contribution in [2.75, 3.05) is 20.3 Å². The summed E-state index contributed by atoms with van der Waals surface area (Å²) in [6.45, 7) is 2.21. The van der Waals surface area contributed by atoms with Crippen LogP contribution >= 0.6 is 0 Å². The van der Waals surface area contributed by atoms with Crippen LogP contribution in [0.5, 0.6) is 5.75 Å². The fourth-order valence-electron chi connectivity index (χ4n) is 2.71. The van der Waals surface area contributed by atoms with E-state index in [9.17, 15) is 0 Å². The van der Waals surface area contributed by atoms with E-state index < -0.39 is 0 Å². The molecule has 1 N–H and O–H groups in total. The Morgan fingerprint density at radius 2 is 2.24 bits per heavy atom. The van der Waals surface area contributed by atoms with Crippen molar-refractivity contribution in [1.29, 1.82) is 0 Å². The van der Waals surface area contributed by atoms with Crippen LogP contribution in [-0.2, 0) is 11.3 Å². The fraction of sp³-hybridized carbons (Fsp3) is 0.471. The van der Waals surface area contributed by atoms with E-state index in [1.807, 2.05) is 31.3 Å². The second-order valence-corrected chi connectivity index (χ2v) is 5.46. The number of para-hydroxylation sites is 1. The maximum Gasteiger partial charge on any atom is 0.130 e. The maximum atomic E-state index is 6.05. The summed E-state index contributed by atoms with van der Waals surface area (Å²) < 4.78 is 11.8. The van der Waals surface area contributed by atoms with E-state index >= 15 is 0 Å². The van der Waals surface area contributed by atoms with Crippen LogP contribution in [0.3, 0.4) is 0 Å². The summed E-state index contributed by atoms with van der Waals surface area (Å²) in [5.74, 6) is 0.903. The molecule has 1 unspecified atom stereocenters. The van der Waals surface area contributed by atoms with E-state index in [1.165, 1.54) is 12.8 Å². The van der Waals surface area contributed by atoms with Crippen LogP contribution in [-0.4, -0.2) is 31.3 Å². The number of nitrogens with zero attached hydrogens (tertiary/aromatic N) is 1. The van der Waals surface area contributed by atoms with E-state index in [2.05, 4.69) is 16.4 Å². The van der Waals surface area contributed by atoms with Gasteiger partial charge in [0.1, 0.15) is 12.4 Å². The Morgan fingerprint density at radius 3 is 3.05 bits per heavy atom. The monoisotopic (exact) mass is 286 g/mol. The molecule has 1 atom stereocenters. The minimum Gasteiger partial charge on any atom is -0.490 e. The van der Waals surface area contributed by atoms with E-state index in [4.69, 9.17) is 9.47 Å². The summed E-state index contributed by atoms with van der Waals surface area (Å²) in [7, 11) is 1.92. The average Bonchev–Trinajstić information content (AvgIpc) is 2.54. The first-order valence-corrected chi connectivity index (χ1v) is 7.64. The summed E-state index contributed by atoms with van der Waals surface area (Å²) in [5, 5.41) is 4.20. The number of fused-ring (bicyclic) bond motifs is 1. The Morgan fingerprint density at radius 1 is 1.33 bits per heavy atom. The number of nitrogens with one attached hydrogen (secondary N) is 1. The minimum absolute atomic E-state index is 0.221. The molecular weight excluding hydrogens is 264 g/mol. The van der Waals surface area contributed by atoms with Crippen molar-refractivity contribution in [1.82, 2.24) is 10.3 Å². The molecule has 4 heteroatoms. The lowest BCUT2D eigenvalue weighted by molar-refractivity contribution is -0.0108. The molecule has 3 rings (SSSR count). The molecule has 1 fully saturated rings. The number of ether oxygens (including phenoxy) is 2. The van der Waals surface area contributed by atoms with E-state index in [0.717, 1.165) is 41.9 Å². The summed E-state index contributed by atoms with van der Waals surface area (Å²) in [5.41, 5.74) is 1.97. The first kappa shape index (κ1) is 14.3. The van der Waals surface area contributed by atoms with Crippen molar-refractivity contribution in [3.8, 4) is 5.75 Å². The number of pyridine rings is 1. The van der Waals surface area contributed by atoms with E-state index in [-0.39, 0.29) is 6.10 Å². The van der Waals surface area contributed by atoms with Crippen LogP contribution in [0.2, 0.25) is 0 Å². The van der Waals surface area contributed by atoms with Gasteiger partial charge < -0.3 is 14.8 Å². The normalized spacial score (nSPS) is 18.8. The smallest absolute Gasteiger partial charge is 0.130 e. The van der Waals surface area contributed by atoms with Crippen molar-refractivity contribution in [3.63, 3.8) is 0 Å². The standard InChI is InChI=1S/C17H22N2O2/c1-18-11-13-10-17(15-7-2-3-8-16(15)19-13)21-12-14-6-4-5-9-20-14/h2-3,7-8,10,14,18H,4-6,9,11-12H2,1H3. The summed E-state index contributed by atoms with van der Waals surface area (Å²) >= 11 is 0. The molecule has 0 amide bonds. The largest absolute Gasteiger partial charge is 0.490 e. The average molecular weight is 286 g/mol. The summed E-state index contributed by atoms with van der Waals surface area (Å²) in [4.78, 5) is 4.65. The van der Waals surface area contributed by atoms with Crippen molar-refractivity contribution >= 4 is 10.9 Å². The Hall–Kier alpha value is -1.65. The van der Waals surface area contributed by atoms with E-state index in [1.54, 1.807) is 0 Å². The molecule has 1 aromatic carbocycles. The van der Waals surface area contributed by atoms with Gasteiger partial charge in [0, 0.05) is 24.6 Å².